The van der Waals surface area contributed by atoms with Crippen LogP contribution in [0.1, 0.15) is 10.9 Å². The first-order chi connectivity index (χ1) is 27.2. The molecule has 10 aromatic rings. The van der Waals surface area contributed by atoms with Crippen molar-refractivity contribution in [2.75, 3.05) is 5.32 Å². The zero-order valence-electron chi connectivity index (χ0n) is 29.6. The Morgan fingerprint density at radius 3 is 1.84 bits per heavy atom. The zero-order valence-corrected chi connectivity index (χ0v) is 30.5. The Hall–Kier alpha value is -6.82. The van der Waals surface area contributed by atoms with Crippen LogP contribution in [0.25, 0.3) is 88.4 Å². The lowest BCUT2D eigenvalue weighted by Crippen LogP contribution is -2.00. The first-order valence-electron chi connectivity index (χ1n) is 18.5. The molecule has 9 aromatic carbocycles. The number of aromatic nitrogens is 3. The second kappa shape index (κ2) is 12.9. The Balaban J connectivity index is 1.01. The van der Waals surface area contributed by atoms with E-state index in [0.29, 0.717) is 17.5 Å². The standard InChI is InChI=1S/C50H32N4S/c1-2-13-35(14-3-1)50-51-45-41-19-9-8-18-40(41)44-30-37(27-28-42(44)46(45)55-50)32-21-24-34(25-22-32)47-52-48(38-26-23-31-11-4-5-15-36(31)29-38)54-49(53-47)43-20-10-16-33-12-6-7-17-39(33)43/h1-30,50-51H. The van der Waals surface area contributed by atoms with Gasteiger partial charge in [-0.2, -0.15) is 0 Å². The quantitative estimate of drug-likeness (QED) is 0.179. The van der Waals surface area contributed by atoms with Gasteiger partial charge in [-0.1, -0.05) is 182 Å². The predicted octanol–water partition coefficient (Wildman–Crippen LogP) is 13.4. The molecule has 1 aliphatic rings. The summed E-state index contributed by atoms with van der Waals surface area (Å²) < 4.78 is 0. The Kier molecular flexibility index (Phi) is 7.45. The lowest BCUT2D eigenvalue weighted by atomic mass is 9.95. The number of hydrogen-bond acceptors (Lipinski definition) is 5. The average Bonchev–Trinajstić information content (AvgIpc) is 3.72. The second-order valence-electron chi connectivity index (χ2n) is 14.0. The number of rotatable bonds is 5. The monoisotopic (exact) mass is 720 g/mol. The molecule has 2 heterocycles. The molecule has 0 aliphatic carbocycles. The van der Waals surface area contributed by atoms with Crippen LogP contribution in [0, 0.1) is 0 Å². The van der Waals surface area contributed by atoms with Crippen molar-refractivity contribution >= 4 is 60.5 Å². The van der Waals surface area contributed by atoms with Crippen LogP contribution in [0.3, 0.4) is 0 Å². The smallest absolute Gasteiger partial charge is 0.164 e. The molecule has 0 bridgehead atoms. The lowest BCUT2D eigenvalue weighted by Gasteiger charge is -2.13. The van der Waals surface area contributed by atoms with Gasteiger partial charge < -0.3 is 5.32 Å². The number of anilines is 1. The van der Waals surface area contributed by atoms with Crippen LogP contribution in [0.2, 0.25) is 0 Å². The van der Waals surface area contributed by atoms with E-state index in [2.05, 4.69) is 187 Å². The highest BCUT2D eigenvalue weighted by molar-refractivity contribution is 8.00. The zero-order chi connectivity index (χ0) is 36.3. The van der Waals surface area contributed by atoms with Gasteiger partial charge in [-0.3, -0.25) is 0 Å². The van der Waals surface area contributed by atoms with Crippen LogP contribution in [0.5, 0.6) is 0 Å². The Bertz CT molecular complexity index is 3100. The molecule has 1 aromatic heterocycles. The fraction of sp³-hybridized carbons (Fsp3) is 0.0200. The van der Waals surface area contributed by atoms with Crippen LogP contribution in [-0.4, -0.2) is 15.0 Å². The van der Waals surface area contributed by atoms with Crippen molar-refractivity contribution in [3.63, 3.8) is 0 Å². The second-order valence-corrected chi connectivity index (χ2v) is 15.2. The minimum atomic E-state index is 0.177. The summed E-state index contributed by atoms with van der Waals surface area (Å²) >= 11 is 1.90. The minimum absolute atomic E-state index is 0.177. The molecule has 0 spiro atoms. The van der Waals surface area contributed by atoms with E-state index < -0.39 is 0 Å². The molecule has 1 atom stereocenters. The van der Waals surface area contributed by atoms with Crippen molar-refractivity contribution in [2.24, 2.45) is 0 Å². The van der Waals surface area contributed by atoms with E-state index in [9.17, 15) is 0 Å². The summed E-state index contributed by atoms with van der Waals surface area (Å²) in [7, 11) is 0. The molecule has 11 rings (SSSR count). The third-order valence-electron chi connectivity index (χ3n) is 10.7. The number of hydrogen-bond donors (Lipinski definition) is 1. The van der Waals surface area contributed by atoms with Gasteiger partial charge in [0.25, 0.3) is 0 Å². The topological polar surface area (TPSA) is 50.7 Å². The van der Waals surface area contributed by atoms with Crippen molar-refractivity contribution < 1.29 is 0 Å². The Morgan fingerprint density at radius 1 is 0.382 bits per heavy atom. The van der Waals surface area contributed by atoms with Crippen LogP contribution in [0.4, 0.5) is 5.69 Å². The lowest BCUT2D eigenvalue weighted by molar-refractivity contribution is 1.08. The minimum Gasteiger partial charge on any atom is -0.368 e. The van der Waals surface area contributed by atoms with E-state index >= 15 is 0 Å². The van der Waals surface area contributed by atoms with Crippen molar-refractivity contribution in [3.8, 4) is 45.3 Å². The van der Waals surface area contributed by atoms with Crippen LogP contribution >= 0.6 is 11.8 Å². The summed E-state index contributed by atoms with van der Waals surface area (Å²) in [5.41, 5.74) is 7.70. The molecule has 1 unspecified atom stereocenters. The van der Waals surface area contributed by atoms with Crippen molar-refractivity contribution in [1.82, 2.24) is 15.0 Å². The molecule has 0 saturated heterocycles. The summed E-state index contributed by atoms with van der Waals surface area (Å²) in [4.78, 5) is 16.6. The number of nitrogens with zero attached hydrogens (tertiary/aromatic N) is 3. The van der Waals surface area contributed by atoms with Gasteiger partial charge in [0.2, 0.25) is 0 Å². The van der Waals surface area contributed by atoms with E-state index in [4.69, 9.17) is 15.0 Å². The van der Waals surface area contributed by atoms with Crippen molar-refractivity contribution in [2.45, 2.75) is 10.3 Å². The molecule has 5 heteroatoms. The molecule has 0 amide bonds. The Morgan fingerprint density at radius 2 is 1.00 bits per heavy atom. The molecule has 0 saturated carbocycles. The van der Waals surface area contributed by atoms with E-state index in [1.165, 1.54) is 48.6 Å². The molecule has 258 valence electrons. The summed E-state index contributed by atoms with van der Waals surface area (Å²) in [5.74, 6) is 1.95. The third-order valence-corrected chi connectivity index (χ3v) is 12.0. The highest BCUT2D eigenvalue weighted by Crippen LogP contribution is 2.53. The molecule has 1 N–H and O–H groups in total. The van der Waals surface area contributed by atoms with Crippen LogP contribution in [-0.2, 0) is 0 Å². The van der Waals surface area contributed by atoms with Gasteiger partial charge in [0.1, 0.15) is 5.37 Å². The molecule has 0 fully saturated rings. The van der Waals surface area contributed by atoms with Crippen LogP contribution in [0.15, 0.2) is 187 Å². The maximum atomic E-state index is 5.12. The van der Waals surface area contributed by atoms with Gasteiger partial charge >= 0.3 is 0 Å². The van der Waals surface area contributed by atoms with Gasteiger partial charge in [0, 0.05) is 27.0 Å². The molecule has 0 radical (unpaired) electrons. The van der Waals surface area contributed by atoms with Crippen molar-refractivity contribution in [1.29, 1.82) is 0 Å². The van der Waals surface area contributed by atoms with Crippen molar-refractivity contribution in [3.05, 3.63) is 188 Å². The van der Waals surface area contributed by atoms with Gasteiger partial charge in [-0.05, 0) is 66.5 Å². The van der Waals surface area contributed by atoms with E-state index in [-0.39, 0.29) is 5.37 Å². The molecular formula is C50H32N4S. The summed E-state index contributed by atoms with van der Waals surface area (Å²) in [6.45, 7) is 0. The van der Waals surface area contributed by atoms with E-state index in [0.717, 1.165) is 38.4 Å². The Labute approximate surface area is 322 Å². The maximum absolute atomic E-state index is 5.12. The molecule has 55 heavy (non-hydrogen) atoms. The van der Waals surface area contributed by atoms with Crippen LogP contribution < -0.4 is 5.32 Å². The molecule has 1 aliphatic heterocycles. The first-order valence-corrected chi connectivity index (χ1v) is 19.4. The highest BCUT2D eigenvalue weighted by Gasteiger charge is 2.27. The van der Waals surface area contributed by atoms with Gasteiger partial charge in [0.05, 0.1) is 5.69 Å². The number of benzene rings is 9. The predicted molar refractivity (Wildman–Crippen MR) is 230 cm³/mol. The SMILES string of the molecule is c1ccc(C2Nc3c(c4ccc(-c5ccc(-c6nc(-c7ccc8ccccc8c7)nc(-c7cccc8ccccc78)n6)cc5)cc4c4ccccc34)S2)cc1. The van der Waals surface area contributed by atoms with Gasteiger partial charge in [0.15, 0.2) is 17.5 Å². The largest absolute Gasteiger partial charge is 0.368 e. The molecule has 4 nitrogen and oxygen atoms in total. The number of fused-ring (bicyclic) bond motifs is 8. The van der Waals surface area contributed by atoms with Gasteiger partial charge in [-0.25, -0.2) is 15.0 Å². The van der Waals surface area contributed by atoms with Gasteiger partial charge in [-0.15, -0.1) is 0 Å². The van der Waals surface area contributed by atoms with E-state index in [1.54, 1.807) is 0 Å². The highest BCUT2D eigenvalue weighted by atomic mass is 32.2. The van der Waals surface area contributed by atoms with E-state index in [1.807, 2.05) is 11.8 Å². The normalized spacial score (nSPS) is 13.7. The number of thioether (sulfide) groups is 1. The molecular weight excluding hydrogens is 689 g/mol. The first kappa shape index (κ1) is 31.7. The number of nitrogens with one attached hydrogen (secondary N) is 1. The summed E-state index contributed by atoms with van der Waals surface area (Å²) in [5, 5.41) is 13.7. The fourth-order valence-electron chi connectivity index (χ4n) is 7.98. The summed E-state index contributed by atoms with van der Waals surface area (Å²) in [6.07, 6.45) is 0. The fourth-order valence-corrected chi connectivity index (χ4v) is 9.27. The average molecular weight is 721 g/mol. The summed E-state index contributed by atoms with van der Waals surface area (Å²) in [6, 6.07) is 64.5. The third kappa shape index (κ3) is 5.51. The maximum Gasteiger partial charge on any atom is 0.164 e.